The van der Waals surface area contributed by atoms with E-state index in [1.54, 1.807) is 0 Å². The zero-order valence-electron chi connectivity index (χ0n) is 12.3. The van der Waals surface area contributed by atoms with Gasteiger partial charge in [0.2, 0.25) is 0 Å². The molecule has 0 amide bonds. The first-order valence-corrected chi connectivity index (χ1v) is 7.08. The zero-order chi connectivity index (χ0) is 14.3. The van der Waals surface area contributed by atoms with Gasteiger partial charge in [-0.05, 0) is 37.0 Å². The van der Waals surface area contributed by atoms with Crippen molar-refractivity contribution in [1.82, 2.24) is 9.55 Å². The first-order valence-electron chi connectivity index (χ1n) is 7.08. The molecule has 2 aromatic heterocycles. The lowest BCUT2D eigenvalue weighted by Gasteiger charge is -2.29. The Kier molecular flexibility index (Phi) is 3.00. The molecule has 1 aliphatic rings. The van der Waals surface area contributed by atoms with Gasteiger partial charge in [0, 0.05) is 29.6 Å². The van der Waals surface area contributed by atoms with Crippen LogP contribution in [0, 0.1) is 12.3 Å². The minimum Gasteiger partial charge on any atom is -0.342 e. The summed E-state index contributed by atoms with van der Waals surface area (Å²) < 4.78 is 2.25. The number of rotatable bonds is 2. The van der Waals surface area contributed by atoms with E-state index < -0.39 is 0 Å². The Labute approximate surface area is 119 Å². The molecule has 2 heterocycles. The van der Waals surface area contributed by atoms with Gasteiger partial charge in [0.25, 0.3) is 0 Å². The second-order valence-corrected chi connectivity index (χ2v) is 6.49. The topological polar surface area (TPSA) is 34.9 Å². The van der Waals surface area contributed by atoms with Crippen LogP contribution in [0.5, 0.6) is 0 Å². The molecule has 0 saturated heterocycles. The standard InChI is InChI=1S/C17H20N2O/c1-12-8-14-15(9-17(2,3)10-16(14)20)19(12)11-13-6-4-5-7-18-13/h4-8H,9-11H2,1-3H3. The molecule has 0 aliphatic heterocycles. The van der Waals surface area contributed by atoms with Gasteiger partial charge in [-0.1, -0.05) is 19.9 Å². The van der Waals surface area contributed by atoms with Crippen molar-refractivity contribution in [3.63, 3.8) is 0 Å². The number of hydrogen-bond acceptors (Lipinski definition) is 2. The number of aryl methyl sites for hydroxylation is 1. The lowest BCUT2D eigenvalue weighted by atomic mass is 9.76. The van der Waals surface area contributed by atoms with Crippen molar-refractivity contribution in [1.29, 1.82) is 0 Å². The number of carbonyl (C=O) groups excluding carboxylic acids is 1. The molecule has 0 bridgehead atoms. The van der Waals surface area contributed by atoms with Crippen molar-refractivity contribution in [3.05, 3.63) is 53.1 Å². The number of Topliss-reactive ketones (excluding diaryl/α,β-unsaturated/α-hetero) is 1. The maximum Gasteiger partial charge on any atom is 0.165 e. The first kappa shape index (κ1) is 13.1. The molecule has 0 saturated carbocycles. The molecule has 0 spiro atoms. The van der Waals surface area contributed by atoms with Crippen LogP contribution >= 0.6 is 0 Å². The Bertz CT molecular complexity index is 653. The van der Waals surface area contributed by atoms with Gasteiger partial charge in [-0.2, -0.15) is 0 Å². The van der Waals surface area contributed by atoms with Gasteiger partial charge in [0.1, 0.15) is 0 Å². The predicted molar refractivity (Wildman–Crippen MR) is 78.9 cm³/mol. The molecule has 0 N–H and O–H groups in total. The van der Waals surface area contributed by atoms with Crippen molar-refractivity contribution in [2.45, 2.75) is 40.2 Å². The van der Waals surface area contributed by atoms with E-state index in [1.807, 2.05) is 30.5 Å². The highest BCUT2D eigenvalue weighted by atomic mass is 16.1. The molecule has 0 atom stereocenters. The molecule has 3 rings (SSSR count). The van der Waals surface area contributed by atoms with Crippen LogP contribution in [0.1, 0.15) is 47.7 Å². The first-order chi connectivity index (χ1) is 9.46. The number of carbonyl (C=O) groups is 1. The largest absolute Gasteiger partial charge is 0.342 e. The van der Waals surface area contributed by atoms with E-state index in [9.17, 15) is 4.79 Å². The summed E-state index contributed by atoms with van der Waals surface area (Å²) in [5, 5.41) is 0. The van der Waals surface area contributed by atoms with Crippen molar-refractivity contribution in [2.24, 2.45) is 5.41 Å². The lowest BCUT2D eigenvalue weighted by molar-refractivity contribution is 0.0910. The van der Waals surface area contributed by atoms with E-state index in [4.69, 9.17) is 0 Å². The molecule has 2 aromatic rings. The Morgan fingerprint density at radius 3 is 2.80 bits per heavy atom. The summed E-state index contributed by atoms with van der Waals surface area (Å²) in [6, 6.07) is 7.99. The van der Waals surface area contributed by atoms with E-state index in [0.29, 0.717) is 6.42 Å². The van der Waals surface area contributed by atoms with E-state index in [2.05, 4.69) is 30.3 Å². The van der Waals surface area contributed by atoms with Gasteiger partial charge in [-0.3, -0.25) is 9.78 Å². The molecular formula is C17H20N2O. The van der Waals surface area contributed by atoms with Crippen molar-refractivity contribution in [2.75, 3.05) is 0 Å². The number of ketones is 1. The molecule has 3 nitrogen and oxygen atoms in total. The van der Waals surface area contributed by atoms with Gasteiger partial charge in [0.15, 0.2) is 5.78 Å². The third kappa shape index (κ3) is 2.28. The van der Waals surface area contributed by atoms with Crippen molar-refractivity contribution >= 4 is 5.78 Å². The normalized spacial score (nSPS) is 17.1. The van der Waals surface area contributed by atoms with E-state index in [-0.39, 0.29) is 11.2 Å². The molecule has 0 radical (unpaired) electrons. The van der Waals surface area contributed by atoms with Gasteiger partial charge in [-0.25, -0.2) is 0 Å². The fraction of sp³-hybridized carbons (Fsp3) is 0.412. The van der Waals surface area contributed by atoms with Crippen LogP contribution in [-0.2, 0) is 13.0 Å². The Morgan fingerprint density at radius 1 is 1.30 bits per heavy atom. The molecule has 0 aromatic carbocycles. The number of hydrogen-bond donors (Lipinski definition) is 0. The summed E-state index contributed by atoms with van der Waals surface area (Å²) in [7, 11) is 0. The Balaban J connectivity index is 2.03. The highest BCUT2D eigenvalue weighted by Crippen LogP contribution is 2.36. The SMILES string of the molecule is Cc1cc2c(n1Cc1ccccn1)CC(C)(C)CC2=O. The number of nitrogens with zero attached hydrogens (tertiary/aromatic N) is 2. The smallest absolute Gasteiger partial charge is 0.165 e. The average Bonchev–Trinajstić information content (AvgIpc) is 2.67. The quantitative estimate of drug-likeness (QED) is 0.836. The molecule has 0 unspecified atom stereocenters. The van der Waals surface area contributed by atoms with Crippen molar-refractivity contribution in [3.8, 4) is 0 Å². The predicted octanol–water partition coefficient (Wildman–Crippen LogP) is 3.39. The second-order valence-electron chi connectivity index (χ2n) is 6.49. The van der Waals surface area contributed by atoms with E-state index >= 15 is 0 Å². The van der Waals surface area contributed by atoms with Crippen LogP contribution in [0.4, 0.5) is 0 Å². The fourth-order valence-electron chi connectivity index (χ4n) is 3.08. The summed E-state index contributed by atoms with van der Waals surface area (Å²) in [4.78, 5) is 16.7. The maximum absolute atomic E-state index is 12.3. The fourth-order valence-corrected chi connectivity index (χ4v) is 3.08. The molecule has 3 heteroatoms. The van der Waals surface area contributed by atoms with Crippen LogP contribution in [0.25, 0.3) is 0 Å². The number of pyridine rings is 1. The van der Waals surface area contributed by atoms with Gasteiger partial charge >= 0.3 is 0 Å². The van der Waals surface area contributed by atoms with Crippen molar-refractivity contribution < 1.29 is 4.79 Å². The third-order valence-corrected chi connectivity index (χ3v) is 4.05. The highest BCUT2D eigenvalue weighted by molar-refractivity contribution is 5.99. The molecule has 1 aliphatic carbocycles. The van der Waals surface area contributed by atoms with Gasteiger partial charge < -0.3 is 4.57 Å². The number of aromatic nitrogens is 2. The molecule has 20 heavy (non-hydrogen) atoms. The summed E-state index contributed by atoms with van der Waals surface area (Å²) in [6.45, 7) is 7.15. The minimum atomic E-state index is 0.0523. The molecular weight excluding hydrogens is 248 g/mol. The van der Waals surface area contributed by atoms with Gasteiger partial charge in [-0.15, -0.1) is 0 Å². The maximum atomic E-state index is 12.3. The lowest BCUT2D eigenvalue weighted by Crippen LogP contribution is -2.28. The second kappa shape index (κ2) is 4.58. The zero-order valence-corrected chi connectivity index (χ0v) is 12.3. The molecule has 104 valence electrons. The summed E-state index contributed by atoms with van der Waals surface area (Å²) in [6.07, 6.45) is 3.41. The summed E-state index contributed by atoms with van der Waals surface area (Å²) >= 11 is 0. The summed E-state index contributed by atoms with van der Waals surface area (Å²) in [5.41, 5.74) is 4.32. The van der Waals surface area contributed by atoms with Crippen LogP contribution in [0.15, 0.2) is 30.5 Å². The van der Waals surface area contributed by atoms with Crippen LogP contribution < -0.4 is 0 Å². The number of fused-ring (bicyclic) bond motifs is 1. The average molecular weight is 268 g/mol. The highest BCUT2D eigenvalue weighted by Gasteiger charge is 2.33. The van der Waals surface area contributed by atoms with Crippen LogP contribution in [0.2, 0.25) is 0 Å². The molecule has 0 fully saturated rings. The Morgan fingerprint density at radius 2 is 2.10 bits per heavy atom. The van der Waals surface area contributed by atoms with Crippen LogP contribution in [0.3, 0.4) is 0 Å². The van der Waals surface area contributed by atoms with Crippen LogP contribution in [-0.4, -0.2) is 15.3 Å². The third-order valence-electron chi connectivity index (χ3n) is 4.05. The van der Waals surface area contributed by atoms with Gasteiger partial charge in [0.05, 0.1) is 12.2 Å². The summed E-state index contributed by atoms with van der Waals surface area (Å²) in [5.74, 6) is 0.277. The monoisotopic (exact) mass is 268 g/mol. The minimum absolute atomic E-state index is 0.0523. The van der Waals surface area contributed by atoms with E-state index in [1.165, 1.54) is 5.69 Å². The Hall–Kier alpha value is -1.90. The van der Waals surface area contributed by atoms with E-state index in [0.717, 1.165) is 29.9 Å².